The average Bonchev–Trinajstić information content (AvgIpc) is 3.31. The first-order valence-corrected chi connectivity index (χ1v) is 8.65. The molecule has 0 aliphatic carbocycles. The highest BCUT2D eigenvalue weighted by Crippen LogP contribution is 2.55. The molecule has 0 N–H and O–H groups in total. The Morgan fingerprint density at radius 3 is 2.71 bits per heavy atom. The second-order valence-corrected chi connectivity index (χ2v) is 7.28. The van der Waals surface area contributed by atoms with Gasteiger partial charge in [-0.1, -0.05) is 28.1 Å². The van der Waals surface area contributed by atoms with Crippen LogP contribution in [-0.4, -0.2) is 43.0 Å². The van der Waals surface area contributed by atoms with Crippen molar-refractivity contribution in [3.63, 3.8) is 0 Å². The van der Waals surface area contributed by atoms with Crippen molar-refractivity contribution in [3.05, 3.63) is 40.9 Å². The molecule has 0 unspecified atom stereocenters. The number of hydrogen-bond acceptors (Lipinski definition) is 5. The largest absolute Gasteiger partial charge is 0.357 e. The van der Waals surface area contributed by atoms with Gasteiger partial charge in [0.05, 0.1) is 36.8 Å². The minimum absolute atomic E-state index is 0.225. The number of imide groups is 1. The molecule has 0 spiro atoms. The number of fused-ring (bicyclic) bond motifs is 5. The Kier molecular flexibility index (Phi) is 3.07. The number of nitrogens with zero attached hydrogens (tertiary/aromatic N) is 1. The molecule has 5 rings (SSSR count). The zero-order chi connectivity index (χ0) is 16.5. The molecule has 2 bridgehead atoms. The summed E-state index contributed by atoms with van der Waals surface area (Å²) in [5.74, 6) is -1.61. The van der Waals surface area contributed by atoms with Crippen LogP contribution < -0.4 is 4.90 Å². The van der Waals surface area contributed by atoms with E-state index in [0.29, 0.717) is 18.9 Å². The van der Waals surface area contributed by atoms with Crippen LogP contribution >= 0.6 is 15.9 Å². The highest BCUT2D eigenvalue weighted by atomic mass is 79.9. The molecule has 6 nitrogen and oxygen atoms in total. The Labute approximate surface area is 146 Å². The first-order valence-electron chi connectivity index (χ1n) is 7.85. The molecule has 4 aliphatic heterocycles. The van der Waals surface area contributed by atoms with Crippen LogP contribution in [0.5, 0.6) is 0 Å². The molecule has 4 aliphatic rings. The molecular weight excluding hydrogens is 378 g/mol. The summed E-state index contributed by atoms with van der Waals surface area (Å²) in [7, 11) is 0. The minimum atomic E-state index is -1.00. The number of carbonyl (C=O) groups excluding carboxylic acids is 2. The van der Waals surface area contributed by atoms with E-state index < -0.39 is 29.8 Å². The molecule has 0 aromatic heterocycles. The fourth-order valence-corrected chi connectivity index (χ4v) is 4.58. The summed E-state index contributed by atoms with van der Waals surface area (Å²) < 4.78 is 18.1. The molecule has 124 valence electrons. The van der Waals surface area contributed by atoms with Crippen molar-refractivity contribution in [2.45, 2.75) is 18.0 Å². The fraction of sp³-hybridized carbons (Fsp3) is 0.412. The Morgan fingerprint density at radius 1 is 1.17 bits per heavy atom. The van der Waals surface area contributed by atoms with Gasteiger partial charge in [-0.3, -0.25) is 9.59 Å². The van der Waals surface area contributed by atoms with Crippen LogP contribution in [0.4, 0.5) is 5.69 Å². The molecule has 1 aromatic rings. The maximum Gasteiger partial charge on any atom is 0.241 e. The third-order valence-corrected chi connectivity index (χ3v) is 5.63. The van der Waals surface area contributed by atoms with Crippen LogP contribution in [0.1, 0.15) is 0 Å². The van der Waals surface area contributed by atoms with Crippen LogP contribution in [0.15, 0.2) is 40.9 Å². The van der Waals surface area contributed by atoms with Crippen molar-refractivity contribution in [2.24, 2.45) is 11.8 Å². The molecular formula is C17H14BrNO5. The van der Waals surface area contributed by atoms with E-state index in [4.69, 9.17) is 14.2 Å². The first-order chi connectivity index (χ1) is 11.6. The number of benzene rings is 1. The topological polar surface area (TPSA) is 65.1 Å². The van der Waals surface area contributed by atoms with Gasteiger partial charge >= 0.3 is 0 Å². The van der Waals surface area contributed by atoms with Gasteiger partial charge in [0.25, 0.3) is 0 Å². The van der Waals surface area contributed by atoms with Crippen LogP contribution in [-0.2, 0) is 23.8 Å². The van der Waals surface area contributed by atoms with E-state index >= 15 is 0 Å². The van der Waals surface area contributed by atoms with Gasteiger partial charge in [-0.05, 0) is 24.3 Å². The third-order valence-electron chi connectivity index (χ3n) is 5.13. The van der Waals surface area contributed by atoms with Gasteiger partial charge in [0, 0.05) is 4.47 Å². The third kappa shape index (κ3) is 1.75. The quantitative estimate of drug-likeness (QED) is 0.566. The molecule has 0 saturated carbocycles. The Bertz CT molecular complexity index is 774. The molecule has 3 fully saturated rings. The number of amides is 2. The zero-order valence-corrected chi connectivity index (χ0v) is 14.1. The average molecular weight is 392 g/mol. The molecule has 1 aromatic carbocycles. The maximum atomic E-state index is 13.1. The van der Waals surface area contributed by atoms with E-state index in [1.54, 1.807) is 18.2 Å². The normalized spacial score (nSPS) is 37.7. The number of hydrogen-bond donors (Lipinski definition) is 0. The zero-order valence-electron chi connectivity index (χ0n) is 12.6. The van der Waals surface area contributed by atoms with Gasteiger partial charge < -0.3 is 14.2 Å². The van der Waals surface area contributed by atoms with E-state index in [-0.39, 0.29) is 11.8 Å². The lowest BCUT2D eigenvalue weighted by Crippen LogP contribution is -2.49. The summed E-state index contributed by atoms with van der Waals surface area (Å²) >= 11 is 3.38. The van der Waals surface area contributed by atoms with Gasteiger partial charge in [0.1, 0.15) is 0 Å². The van der Waals surface area contributed by atoms with Crippen LogP contribution in [0.25, 0.3) is 0 Å². The summed E-state index contributed by atoms with van der Waals surface area (Å²) in [6, 6.07) is 7.18. The van der Waals surface area contributed by atoms with Crippen LogP contribution in [0.2, 0.25) is 0 Å². The lowest BCUT2D eigenvalue weighted by molar-refractivity contribution is -0.180. The number of ether oxygens (including phenoxy) is 3. The second-order valence-electron chi connectivity index (χ2n) is 6.36. The second kappa shape index (κ2) is 4.98. The molecule has 4 atom stereocenters. The maximum absolute atomic E-state index is 13.1. The van der Waals surface area contributed by atoms with Crippen LogP contribution in [0, 0.1) is 11.8 Å². The first kappa shape index (κ1) is 14.8. The van der Waals surface area contributed by atoms with Crippen molar-refractivity contribution in [1.29, 1.82) is 0 Å². The van der Waals surface area contributed by atoms with Gasteiger partial charge in [0.15, 0.2) is 11.9 Å². The van der Waals surface area contributed by atoms with E-state index in [2.05, 4.69) is 15.9 Å². The van der Waals surface area contributed by atoms with E-state index in [9.17, 15) is 9.59 Å². The molecule has 2 amide bonds. The summed E-state index contributed by atoms with van der Waals surface area (Å²) in [6.45, 7) is 0.923. The Morgan fingerprint density at radius 2 is 1.96 bits per heavy atom. The minimum Gasteiger partial charge on any atom is -0.357 e. The summed E-state index contributed by atoms with van der Waals surface area (Å²) in [5, 5.41) is 0. The Hall–Kier alpha value is -1.54. The smallest absolute Gasteiger partial charge is 0.241 e. The van der Waals surface area contributed by atoms with E-state index in [1.807, 2.05) is 18.2 Å². The van der Waals surface area contributed by atoms with Gasteiger partial charge in [-0.2, -0.15) is 0 Å². The van der Waals surface area contributed by atoms with Crippen molar-refractivity contribution < 1.29 is 23.8 Å². The lowest BCUT2D eigenvalue weighted by Gasteiger charge is -2.32. The summed E-state index contributed by atoms with van der Waals surface area (Å²) in [4.78, 5) is 27.3. The predicted octanol–water partition coefficient (Wildman–Crippen LogP) is 1.64. The summed E-state index contributed by atoms with van der Waals surface area (Å²) in [6.07, 6.45) is 2.64. The van der Waals surface area contributed by atoms with Crippen molar-refractivity contribution in [1.82, 2.24) is 0 Å². The molecule has 0 radical (unpaired) electrons. The highest BCUT2D eigenvalue weighted by Gasteiger charge is 2.71. The predicted molar refractivity (Wildman–Crippen MR) is 86.1 cm³/mol. The standard InChI is InChI=1S/C17H14BrNO5/c18-9-2-1-3-10(8-9)19-14(20)12-11-4-5-17(24-11,13(12)15(19)21)16-22-6-7-23-16/h1-5,8,11-13,16H,6-7H2/t11-,12+,13+,17-/m1/s1. The van der Waals surface area contributed by atoms with Crippen molar-refractivity contribution >= 4 is 33.4 Å². The SMILES string of the molecule is O=C1[C@@H]2[C@@H](C(=O)N1c1cccc(Br)c1)[C@@]1(C3OCCO3)C=C[C@H]2O1. The van der Waals surface area contributed by atoms with Gasteiger partial charge in [-0.25, -0.2) is 4.90 Å². The number of rotatable bonds is 2. The van der Waals surface area contributed by atoms with E-state index in [1.165, 1.54) is 4.90 Å². The van der Waals surface area contributed by atoms with E-state index in [0.717, 1.165) is 4.47 Å². The van der Waals surface area contributed by atoms with Crippen molar-refractivity contribution in [2.75, 3.05) is 18.1 Å². The number of halogens is 1. The molecule has 4 heterocycles. The summed E-state index contributed by atoms with van der Waals surface area (Å²) in [5.41, 5.74) is -0.434. The monoisotopic (exact) mass is 391 g/mol. The molecule has 24 heavy (non-hydrogen) atoms. The number of carbonyl (C=O) groups is 2. The highest BCUT2D eigenvalue weighted by molar-refractivity contribution is 9.10. The van der Waals surface area contributed by atoms with Crippen LogP contribution in [0.3, 0.4) is 0 Å². The van der Waals surface area contributed by atoms with Gasteiger partial charge in [0.2, 0.25) is 11.8 Å². The molecule has 7 heteroatoms. The fourth-order valence-electron chi connectivity index (χ4n) is 4.20. The number of anilines is 1. The molecule has 3 saturated heterocycles. The lowest BCUT2D eigenvalue weighted by atomic mass is 9.76. The van der Waals surface area contributed by atoms with Crippen molar-refractivity contribution in [3.8, 4) is 0 Å². The Balaban J connectivity index is 1.57. The van der Waals surface area contributed by atoms with Gasteiger partial charge in [-0.15, -0.1) is 0 Å².